The number of likely N-dealkylation sites (tertiary alicyclic amines) is 1. The maximum absolute atomic E-state index is 13.4. The van der Waals surface area contributed by atoms with E-state index >= 15 is 0 Å². The van der Waals surface area contributed by atoms with E-state index in [9.17, 15) is 9.18 Å². The summed E-state index contributed by atoms with van der Waals surface area (Å²) in [6.45, 7) is 4.44. The van der Waals surface area contributed by atoms with Crippen molar-refractivity contribution in [2.75, 3.05) is 13.1 Å². The predicted octanol–water partition coefficient (Wildman–Crippen LogP) is 3.22. The number of nitrogens with zero attached hydrogens (tertiary/aromatic N) is 1. The van der Waals surface area contributed by atoms with Crippen molar-refractivity contribution in [3.63, 3.8) is 0 Å². The number of carbonyl (C=O) groups excluding carboxylic acids is 1. The van der Waals surface area contributed by atoms with Crippen LogP contribution in [0.5, 0.6) is 0 Å². The highest BCUT2D eigenvalue weighted by molar-refractivity contribution is 6.30. The molecule has 3 rings (SSSR count). The highest BCUT2D eigenvalue weighted by atomic mass is 35.5. The second-order valence-corrected chi connectivity index (χ2v) is 6.97. The standard InChI is InChI=1S/C17H22ClFN2O/c1-11-10-21(17(22)13-3-4-13)7-6-16(11)20-9-12-2-5-14(18)15(19)8-12/h2,5,8,11,13,16,20H,3-4,6-7,9-10H2,1H3/t11-,16-/m1/s1. The van der Waals surface area contributed by atoms with Crippen molar-refractivity contribution in [1.82, 2.24) is 10.2 Å². The number of halogens is 2. The molecule has 2 fully saturated rings. The second-order valence-electron chi connectivity index (χ2n) is 6.56. The molecule has 1 saturated carbocycles. The first-order valence-corrected chi connectivity index (χ1v) is 8.38. The molecule has 1 aliphatic heterocycles. The molecule has 0 spiro atoms. The Labute approximate surface area is 135 Å². The van der Waals surface area contributed by atoms with Gasteiger partial charge < -0.3 is 10.2 Å². The lowest BCUT2D eigenvalue weighted by Crippen LogP contribution is -2.50. The first kappa shape index (κ1) is 15.8. The van der Waals surface area contributed by atoms with E-state index in [2.05, 4.69) is 12.2 Å². The van der Waals surface area contributed by atoms with Gasteiger partial charge in [-0.25, -0.2) is 4.39 Å². The van der Waals surface area contributed by atoms with Crippen LogP contribution in [0.25, 0.3) is 0 Å². The van der Waals surface area contributed by atoms with Crippen LogP contribution < -0.4 is 5.32 Å². The summed E-state index contributed by atoms with van der Waals surface area (Å²) in [4.78, 5) is 14.1. The summed E-state index contributed by atoms with van der Waals surface area (Å²) < 4.78 is 13.4. The molecule has 3 nitrogen and oxygen atoms in total. The fourth-order valence-electron chi connectivity index (χ4n) is 3.14. The van der Waals surface area contributed by atoms with Gasteiger partial charge in [0.1, 0.15) is 5.82 Å². The van der Waals surface area contributed by atoms with Gasteiger partial charge in [0.15, 0.2) is 0 Å². The Kier molecular flexibility index (Phi) is 4.69. The minimum absolute atomic E-state index is 0.156. The van der Waals surface area contributed by atoms with E-state index in [-0.39, 0.29) is 10.8 Å². The van der Waals surface area contributed by atoms with Crippen molar-refractivity contribution in [3.8, 4) is 0 Å². The lowest BCUT2D eigenvalue weighted by atomic mass is 9.93. The van der Waals surface area contributed by atoms with Crippen LogP contribution in [0, 0.1) is 17.7 Å². The fourth-order valence-corrected chi connectivity index (χ4v) is 3.25. The van der Waals surface area contributed by atoms with Crippen LogP contribution in [0.2, 0.25) is 5.02 Å². The third-order valence-corrected chi connectivity index (χ3v) is 5.00. The molecular formula is C17H22ClFN2O. The quantitative estimate of drug-likeness (QED) is 0.922. The third-order valence-electron chi connectivity index (χ3n) is 4.70. The number of amides is 1. The average Bonchev–Trinajstić information content (AvgIpc) is 3.33. The molecule has 1 aliphatic carbocycles. The van der Waals surface area contributed by atoms with Gasteiger partial charge in [0.05, 0.1) is 5.02 Å². The summed E-state index contributed by atoms with van der Waals surface area (Å²) in [6.07, 6.45) is 3.08. The van der Waals surface area contributed by atoms with E-state index in [0.717, 1.165) is 37.9 Å². The van der Waals surface area contributed by atoms with Crippen molar-refractivity contribution >= 4 is 17.5 Å². The van der Waals surface area contributed by atoms with Gasteiger partial charge in [0.25, 0.3) is 0 Å². The molecule has 1 aromatic rings. The number of piperidine rings is 1. The lowest BCUT2D eigenvalue weighted by molar-refractivity contribution is -0.134. The van der Waals surface area contributed by atoms with Crippen LogP contribution in [-0.2, 0) is 11.3 Å². The summed E-state index contributed by atoms with van der Waals surface area (Å²) in [7, 11) is 0. The number of nitrogens with one attached hydrogen (secondary N) is 1. The minimum Gasteiger partial charge on any atom is -0.342 e. The van der Waals surface area contributed by atoms with Gasteiger partial charge in [-0.15, -0.1) is 0 Å². The molecule has 0 aromatic heterocycles. The van der Waals surface area contributed by atoms with Gasteiger partial charge in [-0.1, -0.05) is 24.6 Å². The van der Waals surface area contributed by atoms with Gasteiger partial charge in [0, 0.05) is 31.6 Å². The van der Waals surface area contributed by atoms with Crippen LogP contribution in [0.15, 0.2) is 18.2 Å². The van der Waals surface area contributed by atoms with E-state index in [1.807, 2.05) is 11.0 Å². The molecule has 1 amide bonds. The van der Waals surface area contributed by atoms with Crippen molar-refractivity contribution in [2.24, 2.45) is 11.8 Å². The largest absolute Gasteiger partial charge is 0.342 e. The zero-order valence-electron chi connectivity index (χ0n) is 12.8. The molecule has 5 heteroatoms. The monoisotopic (exact) mass is 324 g/mol. The molecule has 0 bridgehead atoms. The van der Waals surface area contributed by atoms with E-state index in [4.69, 9.17) is 11.6 Å². The Morgan fingerprint density at radius 1 is 1.41 bits per heavy atom. The van der Waals surface area contributed by atoms with Crippen LogP contribution in [-0.4, -0.2) is 29.9 Å². The maximum Gasteiger partial charge on any atom is 0.225 e. The first-order valence-electron chi connectivity index (χ1n) is 8.00. The van der Waals surface area contributed by atoms with Crippen molar-refractivity contribution in [3.05, 3.63) is 34.6 Å². The number of hydrogen-bond acceptors (Lipinski definition) is 2. The summed E-state index contributed by atoms with van der Waals surface area (Å²) in [5.74, 6) is 0.672. The van der Waals surface area contributed by atoms with Crippen LogP contribution >= 0.6 is 11.6 Å². The van der Waals surface area contributed by atoms with Crippen LogP contribution in [0.3, 0.4) is 0 Å². The van der Waals surface area contributed by atoms with Crippen molar-refractivity contribution in [2.45, 2.75) is 38.8 Å². The van der Waals surface area contributed by atoms with Crippen LogP contribution in [0.4, 0.5) is 4.39 Å². The fraction of sp³-hybridized carbons (Fsp3) is 0.588. The highest BCUT2D eigenvalue weighted by Crippen LogP contribution is 2.32. The first-order chi connectivity index (χ1) is 10.5. The summed E-state index contributed by atoms with van der Waals surface area (Å²) in [5, 5.41) is 3.65. The molecule has 2 aliphatic rings. The molecular weight excluding hydrogens is 303 g/mol. The predicted molar refractivity (Wildman–Crippen MR) is 85.1 cm³/mol. The molecule has 2 atom stereocenters. The Morgan fingerprint density at radius 2 is 2.18 bits per heavy atom. The smallest absolute Gasteiger partial charge is 0.225 e. The molecule has 1 heterocycles. The van der Waals surface area contributed by atoms with Gasteiger partial charge in [0.2, 0.25) is 5.91 Å². The number of benzene rings is 1. The topological polar surface area (TPSA) is 32.3 Å². The van der Waals surface area contributed by atoms with E-state index in [1.165, 1.54) is 6.07 Å². The Hall–Kier alpha value is -1.13. The Morgan fingerprint density at radius 3 is 2.82 bits per heavy atom. The summed E-state index contributed by atoms with van der Waals surface area (Å²) in [5.41, 5.74) is 0.894. The van der Waals surface area contributed by atoms with E-state index in [0.29, 0.717) is 30.3 Å². The van der Waals surface area contributed by atoms with Gasteiger partial charge in [-0.2, -0.15) is 0 Å². The summed E-state index contributed by atoms with van der Waals surface area (Å²) >= 11 is 5.70. The molecule has 22 heavy (non-hydrogen) atoms. The van der Waals surface area contributed by atoms with Gasteiger partial charge >= 0.3 is 0 Å². The summed E-state index contributed by atoms with van der Waals surface area (Å²) in [6, 6.07) is 5.27. The molecule has 120 valence electrons. The number of hydrogen-bond donors (Lipinski definition) is 1. The van der Waals surface area contributed by atoms with Crippen LogP contribution in [0.1, 0.15) is 31.7 Å². The highest BCUT2D eigenvalue weighted by Gasteiger charge is 2.36. The number of carbonyl (C=O) groups is 1. The molecule has 0 radical (unpaired) electrons. The van der Waals surface area contributed by atoms with Gasteiger partial charge in [-0.05, 0) is 42.9 Å². The van der Waals surface area contributed by atoms with E-state index in [1.54, 1.807) is 6.07 Å². The van der Waals surface area contributed by atoms with Crippen molar-refractivity contribution < 1.29 is 9.18 Å². The van der Waals surface area contributed by atoms with Crippen molar-refractivity contribution in [1.29, 1.82) is 0 Å². The number of rotatable bonds is 4. The Bertz CT molecular complexity index is 562. The zero-order chi connectivity index (χ0) is 15.7. The van der Waals surface area contributed by atoms with E-state index < -0.39 is 0 Å². The second kappa shape index (κ2) is 6.55. The lowest BCUT2D eigenvalue weighted by Gasteiger charge is -2.37. The van der Waals surface area contributed by atoms with Gasteiger partial charge in [-0.3, -0.25) is 4.79 Å². The minimum atomic E-state index is -0.376. The zero-order valence-corrected chi connectivity index (χ0v) is 13.6. The SMILES string of the molecule is C[C@@H]1CN(C(=O)C2CC2)CC[C@H]1NCc1ccc(Cl)c(F)c1. The maximum atomic E-state index is 13.4. The molecule has 1 saturated heterocycles. The molecule has 0 unspecified atom stereocenters. The normalized spacial score (nSPS) is 25.3. The molecule has 1 aromatic carbocycles. The average molecular weight is 325 g/mol. The molecule has 1 N–H and O–H groups in total. The Balaban J connectivity index is 1.51. The third kappa shape index (κ3) is 3.61.